The first-order valence-electron chi connectivity index (χ1n) is 9.91. The van der Waals surface area contributed by atoms with Gasteiger partial charge < -0.3 is 14.6 Å². The maximum Gasteiger partial charge on any atom is 0.303 e. The van der Waals surface area contributed by atoms with E-state index in [1.165, 1.54) is 12.1 Å². The molecule has 0 spiro atoms. The molecule has 0 bridgehead atoms. The fraction of sp³-hybridized carbons (Fsp3) is 0.240. The van der Waals surface area contributed by atoms with E-state index in [1.54, 1.807) is 6.07 Å². The van der Waals surface area contributed by atoms with Crippen molar-refractivity contribution in [1.82, 2.24) is 0 Å². The Morgan fingerprint density at radius 3 is 2.37 bits per heavy atom. The zero-order valence-corrected chi connectivity index (χ0v) is 17.1. The summed E-state index contributed by atoms with van der Waals surface area (Å²) in [6, 6.07) is 19.9. The van der Waals surface area contributed by atoms with Gasteiger partial charge in [-0.15, -0.1) is 0 Å². The lowest BCUT2D eigenvalue weighted by atomic mass is 10.0. The van der Waals surface area contributed by atoms with Crippen molar-refractivity contribution in [2.45, 2.75) is 39.2 Å². The first-order valence-corrected chi connectivity index (χ1v) is 9.91. The smallest absolute Gasteiger partial charge is 0.303 e. The van der Waals surface area contributed by atoms with Gasteiger partial charge in [-0.25, -0.2) is 4.39 Å². The minimum absolute atomic E-state index is 0.0395. The molecule has 156 valence electrons. The number of hydrogen-bond donors (Lipinski definition) is 1. The average molecular weight is 408 g/mol. The van der Waals surface area contributed by atoms with Crippen molar-refractivity contribution in [2.75, 3.05) is 0 Å². The van der Waals surface area contributed by atoms with Gasteiger partial charge in [-0.2, -0.15) is 0 Å². The van der Waals surface area contributed by atoms with Crippen LogP contribution < -0.4 is 9.47 Å². The van der Waals surface area contributed by atoms with Gasteiger partial charge in [0.15, 0.2) is 11.6 Å². The van der Waals surface area contributed by atoms with Crippen LogP contribution >= 0.6 is 0 Å². The summed E-state index contributed by atoms with van der Waals surface area (Å²) in [7, 11) is 0. The predicted molar refractivity (Wildman–Crippen MR) is 114 cm³/mol. The van der Waals surface area contributed by atoms with Crippen LogP contribution in [0.25, 0.3) is 0 Å². The van der Waals surface area contributed by atoms with Gasteiger partial charge in [0.1, 0.15) is 18.1 Å². The molecular weight excluding hydrogens is 383 g/mol. The number of carboxylic acids is 1. The Morgan fingerprint density at radius 1 is 0.967 bits per heavy atom. The maximum atomic E-state index is 14.4. The van der Waals surface area contributed by atoms with Crippen LogP contribution in [0.15, 0.2) is 66.7 Å². The fourth-order valence-electron chi connectivity index (χ4n) is 3.12. The minimum Gasteiger partial charge on any atom is -0.486 e. The van der Waals surface area contributed by atoms with Crippen molar-refractivity contribution in [3.63, 3.8) is 0 Å². The van der Waals surface area contributed by atoms with Gasteiger partial charge in [0.2, 0.25) is 0 Å². The van der Waals surface area contributed by atoms with Crippen molar-refractivity contribution in [2.24, 2.45) is 0 Å². The third-order valence-corrected chi connectivity index (χ3v) is 4.74. The lowest BCUT2D eigenvalue weighted by Crippen LogP contribution is -2.02. The zero-order valence-electron chi connectivity index (χ0n) is 17.1. The van der Waals surface area contributed by atoms with Gasteiger partial charge in [-0.3, -0.25) is 4.79 Å². The number of halogens is 1. The third kappa shape index (κ3) is 5.60. The predicted octanol–water partition coefficient (Wildman–Crippen LogP) is 6.34. The number of benzene rings is 3. The van der Waals surface area contributed by atoms with Crippen molar-refractivity contribution in [3.8, 4) is 17.2 Å². The second-order valence-electron chi connectivity index (χ2n) is 7.35. The molecule has 0 amide bonds. The van der Waals surface area contributed by atoms with Crippen LogP contribution in [0.2, 0.25) is 0 Å². The zero-order chi connectivity index (χ0) is 21.5. The molecule has 0 saturated heterocycles. The van der Waals surface area contributed by atoms with E-state index in [0.717, 1.165) is 16.9 Å². The van der Waals surface area contributed by atoms with Crippen LogP contribution in [0.4, 0.5) is 4.39 Å². The molecule has 0 atom stereocenters. The highest BCUT2D eigenvalue weighted by Crippen LogP contribution is 2.32. The summed E-state index contributed by atoms with van der Waals surface area (Å²) >= 11 is 0. The molecule has 3 aromatic carbocycles. The van der Waals surface area contributed by atoms with Gasteiger partial charge in [-0.1, -0.05) is 56.3 Å². The molecule has 0 unspecified atom stereocenters. The van der Waals surface area contributed by atoms with Crippen LogP contribution in [-0.2, 0) is 17.8 Å². The van der Waals surface area contributed by atoms with Crippen LogP contribution in [0.1, 0.15) is 42.9 Å². The molecule has 5 heteroatoms. The van der Waals surface area contributed by atoms with Gasteiger partial charge in [0.05, 0.1) is 0 Å². The Labute approximate surface area is 175 Å². The Kier molecular flexibility index (Phi) is 7.07. The van der Waals surface area contributed by atoms with Crippen LogP contribution in [0.3, 0.4) is 0 Å². The molecule has 3 aromatic rings. The number of para-hydroxylation sites is 2. The topological polar surface area (TPSA) is 55.8 Å². The molecule has 4 nitrogen and oxygen atoms in total. The summed E-state index contributed by atoms with van der Waals surface area (Å²) in [5, 5.41) is 8.76. The number of aliphatic carboxylic acids is 1. The van der Waals surface area contributed by atoms with Crippen molar-refractivity contribution < 1.29 is 23.8 Å². The highest BCUT2D eigenvalue weighted by Gasteiger charge is 2.12. The fourth-order valence-corrected chi connectivity index (χ4v) is 3.12. The van der Waals surface area contributed by atoms with Crippen LogP contribution in [0.5, 0.6) is 17.2 Å². The van der Waals surface area contributed by atoms with E-state index in [4.69, 9.17) is 14.6 Å². The van der Waals surface area contributed by atoms with Crippen molar-refractivity contribution in [1.29, 1.82) is 0 Å². The van der Waals surface area contributed by atoms with E-state index < -0.39 is 11.8 Å². The molecule has 0 fully saturated rings. The van der Waals surface area contributed by atoms with Crippen LogP contribution in [0, 0.1) is 5.82 Å². The molecule has 0 aromatic heterocycles. The van der Waals surface area contributed by atoms with E-state index in [-0.39, 0.29) is 25.2 Å². The SMILES string of the molecule is CC(C)c1ccccc1Oc1ccccc1COc1ccc(CCC(=O)O)cc1F. The number of rotatable bonds is 9. The molecule has 30 heavy (non-hydrogen) atoms. The van der Waals surface area contributed by atoms with E-state index in [9.17, 15) is 9.18 Å². The molecule has 0 aliphatic heterocycles. The first-order chi connectivity index (χ1) is 14.4. The molecule has 1 N–H and O–H groups in total. The maximum absolute atomic E-state index is 14.4. The summed E-state index contributed by atoms with van der Waals surface area (Å²) in [5.74, 6) is 0.454. The quantitative estimate of drug-likeness (QED) is 0.449. The molecule has 0 aliphatic carbocycles. The number of carbonyl (C=O) groups is 1. The van der Waals surface area contributed by atoms with E-state index in [0.29, 0.717) is 17.2 Å². The second-order valence-corrected chi connectivity index (χ2v) is 7.35. The Hall–Kier alpha value is -3.34. The van der Waals surface area contributed by atoms with Gasteiger partial charge in [0.25, 0.3) is 0 Å². The normalized spacial score (nSPS) is 10.8. The Morgan fingerprint density at radius 2 is 1.67 bits per heavy atom. The van der Waals surface area contributed by atoms with E-state index >= 15 is 0 Å². The molecule has 0 saturated carbocycles. The minimum atomic E-state index is -0.911. The summed E-state index contributed by atoms with van der Waals surface area (Å²) in [6.45, 7) is 4.37. The number of aryl methyl sites for hydroxylation is 1. The largest absolute Gasteiger partial charge is 0.486 e. The lowest BCUT2D eigenvalue weighted by Gasteiger charge is -2.16. The standard InChI is InChI=1S/C25H25FO4/c1-17(2)20-8-4-6-10-23(20)30-22-9-5-3-7-19(22)16-29-24-13-11-18(15-21(24)26)12-14-25(27)28/h3-11,13,15,17H,12,14,16H2,1-2H3,(H,27,28). The van der Waals surface area contributed by atoms with Crippen molar-refractivity contribution >= 4 is 5.97 Å². The highest BCUT2D eigenvalue weighted by molar-refractivity contribution is 5.67. The van der Waals surface area contributed by atoms with Crippen LogP contribution in [-0.4, -0.2) is 11.1 Å². The number of hydrogen-bond acceptors (Lipinski definition) is 3. The van der Waals surface area contributed by atoms with E-state index in [2.05, 4.69) is 13.8 Å². The Bertz CT molecular complexity index is 1010. The number of carboxylic acid groups (broad SMARTS) is 1. The molecule has 0 radical (unpaired) electrons. The Balaban J connectivity index is 1.72. The molecule has 0 heterocycles. The summed E-state index contributed by atoms with van der Waals surface area (Å²) in [4.78, 5) is 10.7. The van der Waals surface area contributed by atoms with Gasteiger partial charge in [-0.05, 0) is 47.7 Å². The summed E-state index contributed by atoms with van der Waals surface area (Å²) in [5.41, 5.74) is 2.53. The van der Waals surface area contributed by atoms with Gasteiger partial charge in [0, 0.05) is 12.0 Å². The second kappa shape index (κ2) is 9.92. The monoisotopic (exact) mass is 408 g/mol. The summed E-state index contributed by atoms with van der Waals surface area (Å²) in [6.07, 6.45) is 0.237. The van der Waals surface area contributed by atoms with Gasteiger partial charge >= 0.3 is 5.97 Å². The number of ether oxygens (including phenoxy) is 2. The molecular formula is C25H25FO4. The molecule has 0 aliphatic rings. The lowest BCUT2D eigenvalue weighted by molar-refractivity contribution is -0.136. The average Bonchev–Trinajstić information content (AvgIpc) is 2.72. The van der Waals surface area contributed by atoms with E-state index in [1.807, 2.05) is 48.5 Å². The first kappa shape index (κ1) is 21.4. The third-order valence-electron chi connectivity index (χ3n) is 4.74. The van der Waals surface area contributed by atoms with Crippen molar-refractivity contribution in [3.05, 3.63) is 89.2 Å². The highest BCUT2D eigenvalue weighted by atomic mass is 19.1. The molecule has 3 rings (SSSR count). The summed E-state index contributed by atoms with van der Waals surface area (Å²) < 4.78 is 26.2.